The highest BCUT2D eigenvalue weighted by atomic mass is 32.1. The first-order valence-electron chi connectivity index (χ1n) is 6.20. The molecule has 102 valence electrons. The summed E-state index contributed by atoms with van der Waals surface area (Å²) in [6, 6.07) is 13.1. The highest BCUT2D eigenvalue weighted by Gasteiger charge is 2.13. The summed E-state index contributed by atoms with van der Waals surface area (Å²) in [5.41, 5.74) is 9.84. The number of anilines is 1. The number of hydrogen-bond acceptors (Lipinski definition) is 3. The molecule has 0 bridgehead atoms. The molecule has 3 N–H and O–H groups in total. The van der Waals surface area contributed by atoms with Crippen LogP contribution < -0.4 is 5.73 Å². The molecule has 0 heterocycles. The third kappa shape index (κ3) is 2.86. The molecular formula is C16H15NO2S. The summed E-state index contributed by atoms with van der Waals surface area (Å²) in [6.45, 7) is 1.99. The van der Waals surface area contributed by atoms with E-state index in [1.165, 1.54) is 0 Å². The molecule has 0 aromatic heterocycles. The lowest BCUT2D eigenvalue weighted by atomic mass is 9.96. The van der Waals surface area contributed by atoms with Crippen molar-refractivity contribution in [3.8, 4) is 0 Å². The lowest BCUT2D eigenvalue weighted by Crippen LogP contribution is -2.10. The fourth-order valence-electron chi connectivity index (χ4n) is 2.10. The van der Waals surface area contributed by atoms with Gasteiger partial charge in [-0.05, 0) is 23.6 Å². The fraction of sp³-hybridized carbons (Fsp3) is 0.125. The van der Waals surface area contributed by atoms with Gasteiger partial charge in [0.1, 0.15) is 0 Å². The Bertz CT molecular complexity index is 680. The number of carbonyl (C=O) groups is 1. The molecule has 0 spiro atoms. The molecule has 0 aliphatic heterocycles. The molecule has 2 aromatic carbocycles. The predicted molar refractivity (Wildman–Crippen MR) is 84.2 cm³/mol. The Kier molecular flexibility index (Phi) is 4.15. The number of nitrogens with two attached hydrogens (primary N) is 1. The SMILES string of the molecule is Cc1ccccc1C(=S)c1cccc(CC(=O)O)c1N. The molecule has 0 saturated heterocycles. The van der Waals surface area contributed by atoms with Gasteiger partial charge in [0.15, 0.2) is 0 Å². The van der Waals surface area contributed by atoms with E-state index >= 15 is 0 Å². The quantitative estimate of drug-likeness (QED) is 0.515. The fourth-order valence-corrected chi connectivity index (χ4v) is 2.51. The van der Waals surface area contributed by atoms with Crippen molar-refractivity contribution < 1.29 is 9.90 Å². The Morgan fingerprint density at radius 2 is 1.80 bits per heavy atom. The minimum Gasteiger partial charge on any atom is -0.481 e. The van der Waals surface area contributed by atoms with Gasteiger partial charge in [-0.15, -0.1) is 0 Å². The molecule has 0 aliphatic rings. The number of aliphatic carboxylic acids is 1. The minimum atomic E-state index is -0.907. The van der Waals surface area contributed by atoms with Gasteiger partial charge in [-0.2, -0.15) is 0 Å². The van der Waals surface area contributed by atoms with Crippen LogP contribution in [0.4, 0.5) is 5.69 Å². The summed E-state index contributed by atoms with van der Waals surface area (Å²) < 4.78 is 0. The molecule has 0 radical (unpaired) electrons. The molecule has 0 amide bonds. The lowest BCUT2D eigenvalue weighted by Gasteiger charge is -2.12. The number of carboxylic acid groups (broad SMARTS) is 1. The largest absolute Gasteiger partial charge is 0.481 e. The molecule has 0 aliphatic carbocycles. The molecule has 0 saturated carbocycles. The van der Waals surface area contributed by atoms with Crippen LogP contribution in [0.2, 0.25) is 0 Å². The van der Waals surface area contributed by atoms with Gasteiger partial charge in [-0.25, -0.2) is 0 Å². The van der Waals surface area contributed by atoms with Crippen LogP contribution in [0.1, 0.15) is 22.3 Å². The first-order chi connectivity index (χ1) is 9.50. The van der Waals surface area contributed by atoms with Gasteiger partial charge in [-0.1, -0.05) is 54.7 Å². The summed E-state index contributed by atoms with van der Waals surface area (Å²) in [7, 11) is 0. The third-order valence-electron chi connectivity index (χ3n) is 3.17. The average molecular weight is 285 g/mol. The summed E-state index contributed by atoms with van der Waals surface area (Å²) in [5.74, 6) is -0.907. The first-order valence-corrected chi connectivity index (χ1v) is 6.61. The maximum absolute atomic E-state index is 10.8. The van der Waals surface area contributed by atoms with Crippen molar-refractivity contribution in [3.05, 3.63) is 64.7 Å². The van der Waals surface area contributed by atoms with Crippen molar-refractivity contribution >= 4 is 28.7 Å². The van der Waals surface area contributed by atoms with Gasteiger partial charge in [0.25, 0.3) is 0 Å². The summed E-state index contributed by atoms with van der Waals surface area (Å²) in [4.78, 5) is 11.5. The van der Waals surface area contributed by atoms with Crippen molar-refractivity contribution in [2.24, 2.45) is 0 Å². The van der Waals surface area contributed by atoms with Gasteiger partial charge in [0, 0.05) is 11.3 Å². The Hall–Kier alpha value is -2.20. The Morgan fingerprint density at radius 1 is 1.15 bits per heavy atom. The van der Waals surface area contributed by atoms with Crippen LogP contribution in [0.3, 0.4) is 0 Å². The van der Waals surface area contributed by atoms with Crippen LogP contribution in [-0.2, 0) is 11.2 Å². The second kappa shape index (κ2) is 5.84. The van der Waals surface area contributed by atoms with E-state index in [2.05, 4.69) is 0 Å². The molecule has 0 fully saturated rings. The van der Waals surface area contributed by atoms with Gasteiger partial charge < -0.3 is 10.8 Å². The molecule has 4 heteroatoms. The number of carboxylic acids is 1. The van der Waals surface area contributed by atoms with Crippen molar-refractivity contribution in [2.45, 2.75) is 13.3 Å². The van der Waals surface area contributed by atoms with E-state index in [0.29, 0.717) is 21.7 Å². The van der Waals surface area contributed by atoms with Crippen molar-refractivity contribution in [3.63, 3.8) is 0 Å². The number of aryl methyl sites for hydroxylation is 1. The Labute approximate surface area is 123 Å². The predicted octanol–water partition coefficient (Wildman–Crippen LogP) is 2.97. The van der Waals surface area contributed by atoms with Crippen LogP contribution in [-0.4, -0.2) is 15.9 Å². The monoisotopic (exact) mass is 285 g/mol. The van der Waals surface area contributed by atoms with Crippen LogP contribution in [0.5, 0.6) is 0 Å². The highest BCUT2D eigenvalue weighted by molar-refractivity contribution is 7.81. The minimum absolute atomic E-state index is 0.101. The Morgan fingerprint density at radius 3 is 2.45 bits per heavy atom. The van der Waals surface area contributed by atoms with E-state index in [1.807, 2.05) is 37.3 Å². The van der Waals surface area contributed by atoms with Gasteiger partial charge in [0.2, 0.25) is 0 Å². The van der Waals surface area contributed by atoms with E-state index < -0.39 is 5.97 Å². The average Bonchev–Trinajstić information content (AvgIpc) is 2.40. The number of para-hydroxylation sites is 1. The van der Waals surface area contributed by atoms with Crippen molar-refractivity contribution in [1.82, 2.24) is 0 Å². The maximum Gasteiger partial charge on any atom is 0.307 e. The normalized spacial score (nSPS) is 10.2. The van der Waals surface area contributed by atoms with E-state index in [-0.39, 0.29) is 6.42 Å². The number of hydrogen-bond donors (Lipinski definition) is 2. The zero-order valence-corrected chi connectivity index (χ0v) is 11.9. The van der Waals surface area contributed by atoms with Gasteiger partial charge in [0.05, 0.1) is 11.3 Å². The topological polar surface area (TPSA) is 63.3 Å². The number of thiocarbonyl (C=S) groups is 1. The number of rotatable bonds is 4. The van der Waals surface area contributed by atoms with Crippen molar-refractivity contribution in [1.29, 1.82) is 0 Å². The number of benzene rings is 2. The summed E-state index contributed by atoms with van der Waals surface area (Å²) in [5, 5.41) is 8.89. The molecule has 20 heavy (non-hydrogen) atoms. The third-order valence-corrected chi connectivity index (χ3v) is 3.61. The molecule has 0 unspecified atom stereocenters. The molecular weight excluding hydrogens is 270 g/mol. The molecule has 0 atom stereocenters. The standard InChI is InChI=1S/C16H15NO2S/c1-10-5-2-3-7-12(10)16(20)13-8-4-6-11(15(13)17)9-14(18)19/h2-8H,9,17H2,1H3,(H,18,19). The van der Waals surface area contributed by atoms with E-state index in [0.717, 1.165) is 11.1 Å². The van der Waals surface area contributed by atoms with E-state index in [4.69, 9.17) is 23.1 Å². The zero-order chi connectivity index (χ0) is 14.7. The van der Waals surface area contributed by atoms with Crippen molar-refractivity contribution in [2.75, 3.05) is 5.73 Å². The van der Waals surface area contributed by atoms with Crippen LogP contribution in [0.15, 0.2) is 42.5 Å². The van der Waals surface area contributed by atoms with E-state index in [9.17, 15) is 4.79 Å². The Balaban J connectivity index is 2.46. The van der Waals surface area contributed by atoms with E-state index in [1.54, 1.807) is 12.1 Å². The first kappa shape index (κ1) is 14.2. The number of nitrogen functional groups attached to an aromatic ring is 1. The molecule has 3 nitrogen and oxygen atoms in total. The van der Waals surface area contributed by atoms with Crippen LogP contribution in [0.25, 0.3) is 0 Å². The second-order valence-electron chi connectivity index (χ2n) is 4.59. The highest BCUT2D eigenvalue weighted by Crippen LogP contribution is 2.23. The van der Waals surface area contributed by atoms with Crippen LogP contribution in [0, 0.1) is 6.92 Å². The molecule has 2 rings (SSSR count). The van der Waals surface area contributed by atoms with Gasteiger partial charge >= 0.3 is 5.97 Å². The van der Waals surface area contributed by atoms with Crippen LogP contribution >= 0.6 is 12.2 Å². The summed E-state index contributed by atoms with van der Waals surface area (Å²) >= 11 is 5.51. The second-order valence-corrected chi connectivity index (χ2v) is 5.00. The molecule has 2 aromatic rings. The lowest BCUT2D eigenvalue weighted by molar-refractivity contribution is -0.136. The zero-order valence-electron chi connectivity index (χ0n) is 11.1. The maximum atomic E-state index is 10.8. The summed E-state index contributed by atoms with van der Waals surface area (Å²) in [6.07, 6.45) is -0.101. The smallest absolute Gasteiger partial charge is 0.307 e. The van der Waals surface area contributed by atoms with Gasteiger partial charge in [-0.3, -0.25) is 4.79 Å².